The maximum atomic E-state index is 13.1. The van der Waals surface area contributed by atoms with E-state index < -0.39 is 6.09 Å². The summed E-state index contributed by atoms with van der Waals surface area (Å²) in [5, 5.41) is 12.4. The van der Waals surface area contributed by atoms with Crippen LogP contribution in [-0.2, 0) is 6.54 Å². The Morgan fingerprint density at radius 3 is 2.34 bits per heavy atom. The second-order valence-corrected chi connectivity index (χ2v) is 8.65. The highest BCUT2D eigenvalue weighted by molar-refractivity contribution is 6.04. The second kappa shape index (κ2) is 10.5. The quantitative estimate of drug-likeness (QED) is 0.546. The third-order valence-corrected chi connectivity index (χ3v) is 6.11. The van der Waals surface area contributed by atoms with Gasteiger partial charge in [0.05, 0.1) is 11.9 Å². The van der Waals surface area contributed by atoms with E-state index in [0.29, 0.717) is 31.0 Å². The van der Waals surface area contributed by atoms with Gasteiger partial charge in [-0.15, -0.1) is 0 Å². The number of carboxylic acid groups (broad SMARTS) is 1. The van der Waals surface area contributed by atoms with Crippen LogP contribution in [0.25, 0.3) is 0 Å². The molecule has 1 aromatic heterocycles. The Morgan fingerprint density at radius 2 is 1.74 bits per heavy atom. The number of hydrogen-bond acceptors (Lipinski definition) is 5. The summed E-state index contributed by atoms with van der Waals surface area (Å²) in [5.74, 6) is -0.538. The molecule has 1 aliphatic rings. The van der Waals surface area contributed by atoms with E-state index in [1.807, 2.05) is 31.2 Å². The number of piperazine rings is 1. The van der Waals surface area contributed by atoms with Gasteiger partial charge in [0.1, 0.15) is 11.5 Å². The van der Waals surface area contributed by atoms with Crippen LogP contribution < -0.4 is 10.2 Å². The maximum absolute atomic E-state index is 13.1. The Hall–Kier alpha value is -3.98. The molecule has 182 valence electrons. The molecular weight excluding hydrogens is 449 g/mol. The molecule has 35 heavy (non-hydrogen) atoms. The van der Waals surface area contributed by atoms with E-state index in [1.54, 1.807) is 42.4 Å². The molecule has 1 atom stereocenters. The number of aromatic nitrogens is 1. The molecule has 4 rings (SSSR count). The Labute approximate surface area is 203 Å². The third-order valence-electron chi connectivity index (χ3n) is 6.11. The number of nitrogens with one attached hydrogen (secondary N) is 1. The van der Waals surface area contributed by atoms with Crippen molar-refractivity contribution in [1.29, 1.82) is 0 Å². The van der Waals surface area contributed by atoms with Crippen molar-refractivity contribution >= 4 is 29.1 Å². The van der Waals surface area contributed by atoms with Crippen LogP contribution in [-0.4, -0.2) is 64.6 Å². The first-order valence-electron chi connectivity index (χ1n) is 11.4. The molecule has 2 N–H and O–H groups in total. The van der Waals surface area contributed by atoms with Gasteiger partial charge in [-0.2, -0.15) is 0 Å². The number of carbonyl (C=O) groups excluding carboxylic acids is 1. The van der Waals surface area contributed by atoms with Crippen LogP contribution in [0.4, 0.5) is 26.2 Å². The lowest BCUT2D eigenvalue weighted by Crippen LogP contribution is -2.53. The van der Waals surface area contributed by atoms with Gasteiger partial charge in [0.15, 0.2) is 0 Å². The first kappa shape index (κ1) is 24.2. The van der Waals surface area contributed by atoms with Crippen LogP contribution in [0.3, 0.4) is 0 Å². The van der Waals surface area contributed by atoms with Crippen molar-refractivity contribution in [2.24, 2.45) is 0 Å². The van der Waals surface area contributed by atoms with E-state index in [4.69, 9.17) is 0 Å². The van der Waals surface area contributed by atoms with Crippen molar-refractivity contribution in [2.45, 2.75) is 19.5 Å². The van der Waals surface area contributed by atoms with E-state index in [0.717, 1.165) is 23.5 Å². The molecule has 1 saturated heterocycles. The van der Waals surface area contributed by atoms with Crippen molar-refractivity contribution in [3.05, 3.63) is 83.9 Å². The van der Waals surface area contributed by atoms with Crippen LogP contribution in [0, 0.1) is 5.82 Å². The zero-order chi connectivity index (χ0) is 24.9. The molecule has 0 radical (unpaired) electrons. The molecule has 8 nitrogen and oxygen atoms in total. The van der Waals surface area contributed by atoms with Crippen molar-refractivity contribution in [3.8, 4) is 0 Å². The lowest BCUT2D eigenvalue weighted by Gasteiger charge is -2.38. The normalized spacial score (nSPS) is 16.1. The van der Waals surface area contributed by atoms with Gasteiger partial charge in [-0.3, -0.25) is 9.69 Å². The number of benzene rings is 2. The number of hydrogen-bond donors (Lipinski definition) is 2. The minimum absolute atomic E-state index is 0.0472. The third kappa shape index (κ3) is 5.93. The minimum atomic E-state index is -0.873. The SMILES string of the molecule is C[C@H]1CN(Cc2ccc(N(C)C(=O)c3ccc(Nc4ccc(F)cc4)cn3)cc2)CCN1C(=O)O. The zero-order valence-corrected chi connectivity index (χ0v) is 19.7. The van der Waals surface area contributed by atoms with Gasteiger partial charge < -0.3 is 20.2 Å². The topological polar surface area (TPSA) is 89.0 Å². The van der Waals surface area contributed by atoms with Gasteiger partial charge in [0.25, 0.3) is 5.91 Å². The van der Waals surface area contributed by atoms with Gasteiger partial charge in [-0.05, 0) is 61.0 Å². The smallest absolute Gasteiger partial charge is 0.407 e. The Morgan fingerprint density at radius 1 is 1.06 bits per heavy atom. The minimum Gasteiger partial charge on any atom is -0.465 e. The van der Waals surface area contributed by atoms with Crippen LogP contribution in [0.15, 0.2) is 66.9 Å². The fourth-order valence-electron chi connectivity index (χ4n) is 4.13. The summed E-state index contributed by atoms with van der Waals surface area (Å²) >= 11 is 0. The molecule has 0 bridgehead atoms. The van der Waals surface area contributed by atoms with Gasteiger partial charge in [-0.1, -0.05) is 12.1 Å². The van der Waals surface area contributed by atoms with Gasteiger partial charge in [-0.25, -0.2) is 14.2 Å². The molecule has 0 aliphatic carbocycles. The lowest BCUT2D eigenvalue weighted by atomic mass is 10.1. The van der Waals surface area contributed by atoms with Crippen molar-refractivity contribution in [2.75, 3.05) is 36.9 Å². The number of nitrogens with zero attached hydrogens (tertiary/aromatic N) is 4. The summed E-state index contributed by atoms with van der Waals surface area (Å²) < 4.78 is 13.1. The summed E-state index contributed by atoms with van der Waals surface area (Å²) in [4.78, 5) is 33.7. The van der Waals surface area contributed by atoms with Gasteiger partial charge in [0, 0.05) is 50.6 Å². The molecule has 2 heterocycles. The molecule has 0 saturated carbocycles. The molecule has 1 aliphatic heterocycles. The average molecular weight is 478 g/mol. The van der Waals surface area contributed by atoms with Crippen LogP contribution >= 0.6 is 0 Å². The van der Waals surface area contributed by atoms with Gasteiger partial charge >= 0.3 is 6.09 Å². The predicted molar refractivity (Wildman–Crippen MR) is 133 cm³/mol. The molecule has 1 fully saturated rings. The molecule has 9 heteroatoms. The first-order valence-corrected chi connectivity index (χ1v) is 11.4. The van der Waals surface area contributed by atoms with E-state index in [1.165, 1.54) is 17.0 Å². The van der Waals surface area contributed by atoms with E-state index >= 15 is 0 Å². The Bertz CT molecular complexity index is 1170. The Kier molecular flexibility index (Phi) is 7.26. The molecule has 2 aromatic carbocycles. The summed E-state index contributed by atoms with van der Waals surface area (Å²) in [6.07, 6.45) is 0.695. The van der Waals surface area contributed by atoms with E-state index in [-0.39, 0.29) is 17.8 Å². The highest BCUT2D eigenvalue weighted by Crippen LogP contribution is 2.20. The standard InChI is InChI=1S/C26H28FN5O3/c1-18-16-31(13-14-32(18)26(34)35)17-19-3-10-23(11-4-19)30(2)25(33)24-12-9-22(15-28-24)29-21-7-5-20(27)6-8-21/h3-12,15,18,29H,13-14,16-17H2,1-2H3,(H,34,35)/t18-/m0/s1. The predicted octanol–water partition coefficient (Wildman–Crippen LogP) is 4.43. The number of amides is 2. The summed E-state index contributed by atoms with van der Waals surface area (Å²) in [6.45, 7) is 4.51. The maximum Gasteiger partial charge on any atom is 0.407 e. The summed E-state index contributed by atoms with van der Waals surface area (Å²) in [6, 6.07) is 17.1. The van der Waals surface area contributed by atoms with Crippen molar-refractivity contribution in [3.63, 3.8) is 0 Å². The largest absolute Gasteiger partial charge is 0.465 e. The van der Waals surface area contributed by atoms with Crippen molar-refractivity contribution in [1.82, 2.24) is 14.8 Å². The van der Waals surface area contributed by atoms with Crippen LogP contribution in [0.1, 0.15) is 23.0 Å². The zero-order valence-electron chi connectivity index (χ0n) is 19.7. The molecule has 0 unspecified atom stereocenters. The number of carbonyl (C=O) groups is 2. The second-order valence-electron chi connectivity index (χ2n) is 8.65. The number of pyridine rings is 1. The highest BCUT2D eigenvalue weighted by Gasteiger charge is 2.27. The molecule has 2 amide bonds. The van der Waals surface area contributed by atoms with Crippen LogP contribution in [0.2, 0.25) is 0 Å². The van der Waals surface area contributed by atoms with Crippen molar-refractivity contribution < 1.29 is 19.1 Å². The number of halogens is 1. The summed E-state index contributed by atoms with van der Waals surface area (Å²) in [7, 11) is 1.70. The van der Waals surface area contributed by atoms with E-state index in [9.17, 15) is 19.1 Å². The monoisotopic (exact) mass is 477 g/mol. The first-order chi connectivity index (χ1) is 16.8. The van der Waals surface area contributed by atoms with Crippen LogP contribution in [0.5, 0.6) is 0 Å². The fraction of sp³-hybridized carbons (Fsp3) is 0.269. The molecule has 3 aromatic rings. The number of rotatable bonds is 6. The summed E-state index contributed by atoms with van der Waals surface area (Å²) in [5.41, 5.74) is 3.57. The molecular formula is C26H28FN5O3. The Balaban J connectivity index is 1.34. The van der Waals surface area contributed by atoms with Gasteiger partial charge in [0.2, 0.25) is 0 Å². The average Bonchev–Trinajstić information content (AvgIpc) is 2.85. The number of anilines is 3. The molecule has 0 spiro atoms. The van der Waals surface area contributed by atoms with E-state index in [2.05, 4.69) is 15.2 Å². The lowest BCUT2D eigenvalue weighted by molar-refractivity contribution is 0.0711. The highest BCUT2D eigenvalue weighted by atomic mass is 19.1. The fourth-order valence-corrected chi connectivity index (χ4v) is 4.13.